The van der Waals surface area contributed by atoms with E-state index in [1.165, 1.54) is 18.2 Å². The molecule has 6 nitrogen and oxygen atoms in total. The zero-order valence-corrected chi connectivity index (χ0v) is 14.7. The zero-order valence-electron chi connectivity index (χ0n) is 13.9. The van der Waals surface area contributed by atoms with Crippen LogP contribution in [0.5, 0.6) is 0 Å². The fourth-order valence-electron chi connectivity index (χ4n) is 2.55. The quantitative estimate of drug-likeness (QED) is 0.719. The number of H-pyrrole nitrogens is 1. The molecule has 0 unspecified atom stereocenters. The van der Waals surface area contributed by atoms with E-state index in [-0.39, 0.29) is 24.3 Å². The first-order valence-electron chi connectivity index (χ1n) is 7.84. The van der Waals surface area contributed by atoms with E-state index in [2.05, 4.69) is 15.3 Å². The third-order valence-electron chi connectivity index (χ3n) is 3.70. The van der Waals surface area contributed by atoms with Crippen LogP contribution in [0.25, 0.3) is 10.9 Å². The summed E-state index contributed by atoms with van der Waals surface area (Å²) in [4.78, 5) is 32.9. The normalized spacial score (nSPS) is 11.1. The van der Waals surface area contributed by atoms with Gasteiger partial charge in [-0.15, -0.1) is 0 Å². The van der Waals surface area contributed by atoms with Gasteiger partial charge in [0.15, 0.2) is 0 Å². The zero-order chi connectivity index (χ0) is 18.7. The molecule has 8 heteroatoms. The number of carbonyl (C=O) groups is 1. The largest absolute Gasteiger partial charge is 0.322 e. The Balaban J connectivity index is 1.67. The van der Waals surface area contributed by atoms with Crippen molar-refractivity contribution >= 4 is 34.1 Å². The Morgan fingerprint density at radius 1 is 1.31 bits per heavy atom. The number of anilines is 1. The number of likely N-dealkylation sites (N-methyl/N-ethyl adjacent to an activating group) is 1. The predicted molar refractivity (Wildman–Crippen MR) is 98.7 cm³/mol. The van der Waals surface area contributed by atoms with E-state index in [9.17, 15) is 14.0 Å². The second-order valence-electron chi connectivity index (χ2n) is 5.87. The molecular weight excluding hydrogens is 359 g/mol. The van der Waals surface area contributed by atoms with Crippen LogP contribution >= 0.6 is 11.6 Å². The number of fused-ring (bicyclic) bond motifs is 1. The molecule has 3 rings (SSSR count). The van der Waals surface area contributed by atoms with E-state index in [0.717, 1.165) is 0 Å². The predicted octanol–water partition coefficient (Wildman–Crippen LogP) is 2.79. The first-order chi connectivity index (χ1) is 12.4. The molecule has 0 fully saturated rings. The summed E-state index contributed by atoms with van der Waals surface area (Å²) in [6.45, 7) is 0.244. The fraction of sp³-hybridized carbons (Fsp3) is 0.167. The van der Waals surface area contributed by atoms with Crippen molar-refractivity contribution in [1.82, 2.24) is 14.9 Å². The number of para-hydroxylation sites is 1. The number of carbonyl (C=O) groups excluding carboxylic acids is 1. The van der Waals surface area contributed by atoms with Crippen molar-refractivity contribution in [3.63, 3.8) is 0 Å². The van der Waals surface area contributed by atoms with E-state index in [4.69, 9.17) is 11.6 Å². The lowest BCUT2D eigenvalue weighted by molar-refractivity contribution is -0.117. The number of aromatic amines is 1. The Labute approximate surface area is 153 Å². The van der Waals surface area contributed by atoms with Crippen LogP contribution in [0.2, 0.25) is 5.02 Å². The molecule has 26 heavy (non-hydrogen) atoms. The van der Waals surface area contributed by atoms with Gasteiger partial charge >= 0.3 is 0 Å². The van der Waals surface area contributed by atoms with Crippen LogP contribution in [0, 0.1) is 5.82 Å². The third kappa shape index (κ3) is 4.25. The van der Waals surface area contributed by atoms with Crippen molar-refractivity contribution in [2.75, 3.05) is 18.9 Å². The Morgan fingerprint density at radius 2 is 2.08 bits per heavy atom. The van der Waals surface area contributed by atoms with Gasteiger partial charge in [-0.2, -0.15) is 0 Å². The molecule has 134 valence electrons. The van der Waals surface area contributed by atoms with E-state index in [0.29, 0.717) is 21.7 Å². The van der Waals surface area contributed by atoms with Crippen LogP contribution in [0.1, 0.15) is 5.82 Å². The standard InChI is InChI=1S/C18H16ClFN4O2/c1-24(10-17(25)22-15-8-11(19)6-7-13(15)20)9-16-21-14-5-3-2-4-12(14)18(26)23-16/h2-8H,9-10H2,1H3,(H,22,25)(H,21,23,26). The average molecular weight is 375 g/mol. The molecule has 2 aromatic carbocycles. The Kier molecular flexibility index (Phi) is 5.29. The first kappa shape index (κ1) is 18.0. The number of nitrogens with one attached hydrogen (secondary N) is 2. The van der Waals surface area contributed by atoms with E-state index < -0.39 is 11.7 Å². The van der Waals surface area contributed by atoms with E-state index in [1.54, 1.807) is 36.2 Å². The van der Waals surface area contributed by atoms with Crippen molar-refractivity contribution in [3.05, 3.63) is 69.5 Å². The van der Waals surface area contributed by atoms with Crippen molar-refractivity contribution in [2.45, 2.75) is 6.54 Å². The summed E-state index contributed by atoms with van der Waals surface area (Å²) in [5, 5.41) is 3.31. The van der Waals surface area contributed by atoms with Gasteiger partial charge in [-0.05, 0) is 37.4 Å². The van der Waals surface area contributed by atoms with Gasteiger partial charge in [-0.1, -0.05) is 23.7 Å². The number of nitrogens with zero attached hydrogens (tertiary/aromatic N) is 2. The Bertz CT molecular complexity index is 1020. The van der Waals surface area contributed by atoms with Crippen LogP contribution in [0.4, 0.5) is 10.1 Å². The molecule has 1 aromatic heterocycles. The van der Waals surface area contributed by atoms with E-state index >= 15 is 0 Å². The van der Waals surface area contributed by atoms with Crippen LogP contribution < -0.4 is 10.9 Å². The third-order valence-corrected chi connectivity index (χ3v) is 3.93. The molecule has 0 aliphatic rings. The van der Waals surface area contributed by atoms with Gasteiger partial charge in [0.05, 0.1) is 29.7 Å². The molecule has 1 heterocycles. The highest BCUT2D eigenvalue weighted by atomic mass is 35.5. The number of hydrogen-bond donors (Lipinski definition) is 2. The number of benzene rings is 2. The second kappa shape index (κ2) is 7.63. The molecule has 0 aliphatic carbocycles. The summed E-state index contributed by atoms with van der Waals surface area (Å²) >= 11 is 5.81. The van der Waals surface area contributed by atoms with Gasteiger partial charge in [-0.3, -0.25) is 14.5 Å². The minimum absolute atomic E-state index is 0.0114. The molecule has 0 aliphatic heterocycles. The van der Waals surface area contributed by atoms with Gasteiger partial charge in [0.2, 0.25) is 5.91 Å². The maximum Gasteiger partial charge on any atom is 0.258 e. The summed E-state index contributed by atoms with van der Waals surface area (Å²) in [6.07, 6.45) is 0. The van der Waals surface area contributed by atoms with Gasteiger partial charge < -0.3 is 10.3 Å². The molecule has 0 atom stereocenters. The minimum Gasteiger partial charge on any atom is -0.322 e. The molecule has 2 N–H and O–H groups in total. The van der Waals surface area contributed by atoms with Crippen LogP contribution in [-0.4, -0.2) is 34.4 Å². The smallest absolute Gasteiger partial charge is 0.258 e. The molecule has 0 spiro atoms. The van der Waals surface area contributed by atoms with Crippen molar-refractivity contribution in [3.8, 4) is 0 Å². The van der Waals surface area contributed by atoms with Gasteiger partial charge in [0.1, 0.15) is 11.6 Å². The van der Waals surface area contributed by atoms with Gasteiger partial charge in [0, 0.05) is 5.02 Å². The monoisotopic (exact) mass is 374 g/mol. The molecule has 0 bridgehead atoms. The molecular formula is C18H16ClFN4O2. The summed E-state index contributed by atoms with van der Waals surface area (Å²) in [6, 6.07) is 11.0. The number of amides is 1. The molecule has 3 aromatic rings. The van der Waals surface area contributed by atoms with Gasteiger partial charge in [-0.25, -0.2) is 9.37 Å². The summed E-state index contributed by atoms with van der Waals surface area (Å²) < 4.78 is 13.7. The number of aromatic nitrogens is 2. The lowest BCUT2D eigenvalue weighted by atomic mass is 10.2. The summed E-state index contributed by atoms with van der Waals surface area (Å²) in [5.41, 5.74) is 0.377. The lowest BCUT2D eigenvalue weighted by Crippen LogP contribution is -2.31. The average Bonchev–Trinajstić information content (AvgIpc) is 2.58. The van der Waals surface area contributed by atoms with Crippen molar-refractivity contribution in [2.24, 2.45) is 0 Å². The Hall–Kier alpha value is -2.77. The topological polar surface area (TPSA) is 78.1 Å². The number of hydrogen-bond acceptors (Lipinski definition) is 4. The van der Waals surface area contributed by atoms with Crippen molar-refractivity contribution in [1.29, 1.82) is 0 Å². The first-order valence-corrected chi connectivity index (χ1v) is 8.21. The van der Waals surface area contributed by atoms with Gasteiger partial charge in [0.25, 0.3) is 5.56 Å². The molecule has 0 radical (unpaired) electrons. The maximum absolute atomic E-state index is 13.7. The van der Waals surface area contributed by atoms with Crippen molar-refractivity contribution < 1.29 is 9.18 Å². The highest BCUT2D eigenvalue weighted by Gasteiger charge is 2.12. The molecule has 0 saturated heterocycles. The minimum atomic E-state index is -0.564. The Morgan fingerprint density at radius 3 is 2.88 bits per heavy atom. The van der Waals surface area contributed by atoms with Crippen LogP contribution in [0.3, 0.4) is 0 Å². The highest BCUT2D eigenvalue weighted by molar-refractivity contribution is 6.30. The SMILES string of the molecule is CN(CC(=O)Nc1cc(Cl)ccc1F)Cc1nc2ccccc2c(=O)[nH]1. The molecule has 1 amide bonds. The molecule has 0 saturated carbocycles. The number of halogens is 2. The highest BCUT2D eigenvalue weighted by Crippen LogP contribution is 2.19. The van der Waals surface area contributed by atoms with Crippen LogP contribution in [-0.2, 0) is 11.3 Å². The fourth-order valence-corrected chi connectivity index (χ4v) is 2.72. The summed E-state index contributed by atoms with van der Waals surface area (Å²) in [5.74, 6) is -0.527. The second-order valence-corrected chi connectivity index (χ2v) is 6.31. The lowest BCUT2D eigenvalue weighted by Gasteiger charge is -2.16. The van der Waals surface area contributed by atoms with E-state index in [1.807, 2.05) is 0 Å². The number of rotatable bonds is 5. The van der Waals surface area contributed by atoms with Crippen LogP contribution in [0.15, 0.2) is 47.3 Å². The summed E-state index contributed by atoms with van der Waals surface area (Å²) in [7, 11) is 1.70. The maximum atomic E-state index is 13.7.